The maximum absolute atomic E-state index is 6.09. The highest BCUT2D eigenvalue weighted by atomic mass is 79.9. The molecule has 1 heterocycles. The second-order valence-electron chi connectivity index (χ2n) is 4.23. The van der Waals surface area contributed by atoms with Gasteiger partial charge in [0.25, 0.3) is 0 Å². The molecule has 4 nitrogen and oxygen atoms in total. The van der Waals surface area contributed by atoms with Gasteiger partial charge in [-0.1, -0.05) is 26.0 Å². The van der Waals surface area contributed by atoms with E-state index in [0.717, 1.165) is 10.3 Å². The molecule has 0 bridgehead atoms. The maximum Gasteiger partial charge on any atom is 0.153 e. The second kappa shape index (κ2) is 3.38. The quantitative estimate of drug-likeness (QED) is 0.820. The molecule has 0 aromatic carbocycles. The van der Waals surface area contributed by atoms with Gasteiger partial charge in [0.05, 0.1) is 11.7 Å². The predicted octanol–water partition coefficient (Wildman–Crippen LogP) is 1.62. The van der Waals surface area contributed by atoms with Crippen LogP contribution in [0.25, 0.3) is 0 Å². The van der Waals surface area contributed by atoms with Gasteiger partial charge in [-0.15, -0.1) is 5.10 Å². The van der Waals surface area contributed by atoms with E-state index in [1.54, 1.807) is 4.68 Å². The number of nitrogens with two attached hydrogens (primary N) is 1. The topological polar surface area (TPSA) is 56.7 Å². The van der Waals surface area contributed by atoms with Crippen LogP contribution in [0, 0.1) is 5.41 Å². The van der Waals surface area contributed by atoms with Crippen LogP contribution in [0.5, 0.6) is 0 Å². The number of rotatable bonds is 1. The Labute approximate surface area is 86.6 Å². The molecule has 0 amide bonds. The fraction of sp³-hybridized carbons (Fsp3) is 0.750. The van der Waals surface area contributed by atoms with E-state index in [1.807, 2.05) is 7.05 Å². The number of halogens is 1. The predicted molar refractivity (Wildman–Crippen MR) is 55.1 cm³/mol. The molecule has 1 atom stereocenters. The summed E-state index contributed by atoms with van der Waals surface area (Å²) in [5.74, 6) is 0. The van der Waals surface area contributed by atoms with Crippen molar-refractivity contribution >= 4 is 15.9 Å². The van der Waals surface area contributed by atoms with E-state index < -0.39 is 0 Å². The third-order valence-corrected chi connectivity index (χ3v) is 2.62. The fourth-order valence-electron chi connectivity index (χ4n) is 1.08. The first-order chi connectivity index (χ1) is 5.84. The molecule has 0 saturated carbocycles. The Hall–Kier alpha value is -0.420. The molecule has 0 aliphatic carbocycles. The van der Waals surface area contributed by atoms with Gasteiger partial charge in [-0.2, -0.15) is 0 Å². The zero-order valence-corrected chi connectivity index (χ0v) is 9.96. The molecule has 5 heteroatoms. The average molecular weight is 247 g/mol. The van der Waals surface area contributed by atoms with Crippen LogP contribution in [-0.2, 0) is 7.05 Å². The first-order valence-corrected chi connectivity index (χ1v) is 4.94. The maximum atomic E-state index is 6.09. The lowest BCUT2D eigenvalue weighted by molar-refractivity contribution is 0.313. The summed E-state index contributed by atoms with van der Waals surface area (Å²) in [5.41, 5.74) is 7.04. The summed E-state index contributed by atoms with van der Waals surface area (Å²) in [5, 5.41) is 7.79. The summed E-state index contributed by atoms with van der Waals surface area (Å²) in [6.07, 6.45) is 0. The number of hydrogen-bond acceptors (Lipinski definition) is 3. The normalized spacial score (nSPS) is 14.6. The smallest absolute Gasteiger partial charge is 0.153 e. The van der Waals surface area contributed by atoms with Crippen molar-refractivity contribution in [2.24, 2.45) is 18.2 Å². The molecule has 74 valence electrons. The first-order valence-electron chi connectivity index (χ1n) is 4.14. The van der Waals surface area contributed by atoms with Crippen LogP contribution in [0.4, 0.5) is 0 Å². The van der Waals surface area contributed by atoms with Crippen LogP contribution >= 0.6 is 15.9 Å². The molecular weight excluding hydrogens is 232 g/mol. The van der Waals surface area contributed by atoms with Crippen molar-refractivity contribution in [1.82, 2.24) is 15.0 Å². The van der Waals surface area contributed by atoms with Crippen LogP contribution in [0.2, 0.25) is 0 Å². The number of aryl methyl sites for hydroxylation is 1. The van der Waals surface area contributed by atoms with Gasteiger partial charge in [0.15, 0.2) is 4.60 Å². The SMILES string of the molecule is Cn1nnc(Br)c1C(N)C(C)(C)C. The number of nitrogens with zero attached hydrogens (tertiary/aromatic N) is 3. The molecule has 13 heavy (non-hydrogen) atoms. The van der Waals surface area contributed by atoms with Gasteiger partial charge in [0.2, 0.25) is 0 Å². The van der Waals surface area contributed by atoms with E-state index in [4.69, 9.17) is 5.73 Å². The molecule has 1 aromatic heterocycles. The van der Waals surface area contributed by atoms with Gasteiger partial charge in [-0.3, -0.25) is 0 Å². The van der Waals surface area contributed by atoms with Gasteiger partial charge < -0.3 is 5.73 Å². The van der Waals surface area contributed by atoms with Crippen molar-refractivity contribution in [2.45, 2.75) is 26.8 Å². The van der Waals surface area contributed by atoms with Gasteiger partial charge >= 0.3 is 0 Å². The van der Waals surface area contributed by atoms with Gasteiger partial charge in [-0.05, 0) is 21.3 Å². The molecule has 0 aliphatic rings. The first kappa shape index (κ1) is 10.7. The Balaban J connectivity index is 3.08. The number of hydrogen-bond donors (Lipinski definition) is 1. The largest absolute Gasteiger partial charge is 0.322 e. The van der Waals surface area contributed by atoms with E-state index in [1.165, 1.54) is 0 Å². The molecule has 0 spiro atoms. The minimum absolute atomic E-state index is 0.0119. The van der Waals surface area contributed by atoms with Crippen molar-refractivity contribution in [3.8, 4) is 0 Å². The molecule has 1 rings (SSSR count). The summed E-state index contributed by atoms with van der Waals surface area (Å²) in [6.45, 7) is 6.28. The average Bonchev–Trinajstić information content (AvgIpc) is 2.28. The Morgan fingerprint density at radius 1 is 1.46 bits per heavy atom. The Kier molecular flexibility index (Phi) is 2.77. The Bertz CT molecular complexity index is 280. The third kappa shape index (κ3) is 2.08. The Morgan fingerprint density at radius 2 is 2.00 bits per heavy atom. The van der Waals surface area contributed by atoms with Crippen LogP contribution in [-0.4, -0.2) is 15.0 Å². The monoisotopic (exact) mass is 246 g/mol. The van der Waals surface area contributed by atoms with Crippen molar-refractivity contribution in [1.29, 1.82) is 0 Å². The highest BCUT2D eigenvalue weighted by molar-refractivity contribution is 9.10. The van der Waals surface area contributed by atoms with Crippen molar-refractivity contribution in [3.63, 3.8) is 0 Å². The lowest BCUT2D eigenvalue weighted by atomic mass is 9.86. The summed E-state index contributed by atoms with van der Waals surface area (Å²) in [6, 6.07) is -0.0677. The lowest BCUT2D eigenvalue weighted by Crippen LogP contribution is -2.28. The van der Waals surface area contributed by atoms with Crippen LogP contribution in [0.3, 0.4) is 0 Å². The van der Waals surface area contributed by atoms with Crippen molar-refractivity contribution in [2.75, 3.05) is 0 Å². The summed E-state index contributed by atoms with van der Waals surface area (Å²) < 4.78 is 2.44. The third-order valence-electron chi connectivity index (χ3n) is 2.05. The van der Waals surface area contributed by atoms with E-state index in [-0.39, 0.29) is 11.5 Å². The molecule has 2 N–H and O–H groups in total. The molecular formula is C8H15BrN4. The van der Waals surface area contributed by atoms with E-state index in [9.17, 15) is 0 Å². The van der Waals surface area contributed by atoms with Crippen molar-refractivity contribution in [3.05, 3.63) is 10.3 Å². The fourth-order valence-corrected chi connectivity index (χ4v) is 1.65. The van der Waals surface area contributed by atoms with Crippen LogP contribution < -0.4 is 5.73 Å². The molecule has 0 fully saturated rings. The van der Waals surface area contributed by atoms with Gasteiger partial charge in [-0.25, -0.2) is 4.68 Å². The van der Waals surface area contributed by atoms with Gasteiger partial charge in [0, 0.05) is 7.05 Å². The molecule has 1 unspecified atom stereocenters. The van der Waals surface area contributed by atoms with Crippen molar-refractivity contribution < 1.29 is 0 Å². The van der Waals surface area contributed by atoms with E-state index in [0.29, 0.717) is 0 Å². The second-order valence-corrected chi connectivity index (χ2v) is 4.98. The minimum Gasteiger partial charge on any atom is -0.322 e. The molecule has 0 saturated heterocycles. The zero-order chi connectivity index (χ0) is 10.2. The summed E-state index contributed by atoms with van der Waals surface area (Å²) in [7, 11) is 1.85. The van der Waals surface area contributed by atoms with E-state index in [2.05, 4.69) is 47.0 Å². The highest BCUT2D eigenvalue weighted by Crippen LogP contribution is 2.32. The van der Waals surface area contributed by atoms with E-state index >= 15 is 0 Å². The summed E-state index contributed by atoms with van der Waals surface area (Å²) in [4.78, 5) is 0. The van der Waals surface area contributed by atoms with Crippen LogP contribution in [0.1, 0.15) is 32.5 Å². The standard InChI is InChI=1S/C8H15BrN4/c1-8(2,3)6(10)5-7(9)11-12-13(5)4/h6H,10H2,1-4H3. The molecule has 1 aromatic rings. The zero-order valence-electron chi connectivity index (χ0n) is 8.37. The van der Waals surface area contributed by atoms with Gasteiger partial charge in [0.1, 0.15) is 0 Å². The lowest BCUT2D eigenvalue weighted by Gasteiger charge is -2.26. The van der Waals surface area contributed by atoms with Crippen LogP contribution in [0.15, 0.2) is 4.60 Å². The Morgan fingerprint density at radius 3 is 2.31 bits per heavy atom. The highest BCUT2D eigenvalue weighted by Gasteiger charge is 2.27. The number of aromatic nitrogens is 3. The molecule has 0 radical (unpaired) electrons. The minimum atomic E-state index is -0.0677. The summed E-state index contributed by atoms with van der Waals surface area (Å²) >= 11 is 3.34. The molecule has 0 aliphatic heterocycles.